The van der Waals surface area contributed by atoms with Gasteiger partial charge in [0, 0.05) is 12.2 Å². The van der Waals surface area contributed by atoms with Crippen LogP contribution in [0.25, 0.3) is 0 Å². The zero-order chi connectivity index (χ0) is 20.8. The molecule has 3 N–H and O–H groups in total. The molecule has 2 aliphatic heterocycles. The van der Waals surface area contributed by atoms with E-state index in [2.05, 4.69) is 4.90 Å². The summed E-state index contributed by atoms with van der Waals surface area (Å²) in [7, 11) is -1.06. The molecule has 0 amide bonds. The van der Waals surface area contributed by atoms with Crippen molar-refractivity contribution in [3.8, 4) is 5.75 Å². The molecule has 1 aromatic carbocycles. The van der Waals surface area contributed by atoms with Crippen molar-refractivity contribution in [1.29, 1.82) is 0 Å². The highest BCUT2D eigenvalue weighted by atomic mass is 16.5. The number of ketones is 2. The van der Waals surface area contributed by atoms with Crippen LogP contribution in [0.1, 0.15) is 61.4 Å². The molecule has 29 heavy (non-hydrogen) atoms. The fourth-order valence-corrected chi connectivity index (χ4v) is 4.55. The van der Waals surface area contributed by atoms with Crippen molar-refractivity contribution in [2.75, 3.05) is 26.2 Å². The number of likely N-dealkylation sites (tertiary alicyclic amines) is 1. The highest BCUT2D eigenvalue weighted by molar-refractivity contribution is 6.47. The maximum absolute atomic E-state index is 12.6. The lowest BCUT2D eigenvalue weighted by Gasteiger charge is -2.32. The zero-order valence-electron chi connectivity index (χ0n) is 17.4. The van der Waals surface area contributed by atoms with E-state index >= 15 is 0 Å². The summed E-state index contributed by atoms with van der Waals surface area (Å²) in [5.41, 5.74) is 6.94. The van der Waals surface area contributed by atoms with E-state index < -0.39 is 7.12 Å². The highest BCUT2D eigenvalue weighted by Gasteiger charge is 2.37. The topological polar surface area (TPSA) is 92.9 Å². The first-order chi connectivity index (χ1) is 14.0. The SMILES string of the molecule is CC(=O)c1cccc2c1OB(O)[C@@H](CC(=O)CN1CCC(CCCCN)CC1)C2. The number of piperidine rings is 1. The second kappa shape index (κ2) is 10.4. The molecule has 1 aromatic rings. The first-order valence-corrected chi connectivity index (χ1v) is 10.9. The largest absolute Gasteiger partial charge is 0.535 e. The van der Waals surface area contributed by atoms with Crippen LogP contribution in [0, 0.1) is 5.92 Å². The maximum Gasteiger partial charge on any atom is 0.526 e. The molecule has 1 atom stereocenters. The van der Waals surface area contributed by atoms with Crippen molar-refractivity contribution >= 4 is 18.7 Å². The number of hydrogen-bond donors (Lipinski definition) is 2. The number of para-hydroxylation sites is 1. The molecule has 1 saturated heterocycles. The smallest absolute Gasteiger partial charge is 0.526 e. The second-order valence-corrected chi connectivity index (χ2v) is 8.57. The van der Waals surface area contributed by atoms with Gasteiger partial charge in [-0.25, -0.2) is 0 Å². The van der Waals surface area contributed by atoms with Crippen molar-refractivity contribution in [3.05, 3.63) is 29.3 Å². The fraction of sp³-hybridized carbons (Fsp3) is 0.636. The first kappa shape index (κ1) is 22.0. The first-order valence-electron chi connectivity index (χ1n) is 10.9. The average Bonchev–Trinajstić information content (AvgIpc) is 2.69. The van der Waals surface area contributed by atoms with E-state index in [1.165, 1.54) is 19.8 Å². The van der Waals surface area contributed by atoms with Crippen LogP contribution in [0.5, 0.6) is 5.75 Å². The molecule has 2 heterocycles. The molecule has 0 spiro atoms. The van der Waals surface area contributed by atoms with Gasteiger partial charge in [0.1, 0.15) is 11.5 Å². The van der Waals surface area contributed by atoms with Crippen LogP contribution in [-0.2, 0) is 11.2 Å². The Hall–Kier alpha value is -1.70. The molecule has 7 heteroatoms. The van der Waals surface area contributed by atoms with Crippen molar-refractivity contribution in [2.45, 2.75) is 57.7 Å². The van der Waals surface area contributed by atoms with E-state index in [4.69, 9.17) is 10.4 Å². The number of hydrogen-bond acceptors (Lipinski definition) is 6. The number of unbranched alkanes of at least 4 members (excludes halogenated alkanes) is 1. The highest BCUT2D eigenvalue weighted by Crippen LogP contribution is 2.36. The Morgan fingerprint density at radius 1 is 1.28 bits per heavy atom. The zero-order valence-corrected chi connectivity index (χ0v) is 17.4. The molecule has 3 rings (SSSR count). The van der Waals surface area contributed by atoms with Gasteiger partial charge in [-0.1, -0.05) is 25.0 Å². The normalized spacial score (nSPS) is 20.2. The van der Waals surface area contributed by atoms with Gasteiger partial charge in [-0.15, -0.1) is 0 Å². The summed E-state index contributed by atoms with van der Waals surface area (Å²) in [6, 6.07) is 5.44. The van der Waals surface area contributed by atoms with E-state index in [0.29, 0.717) is 30.7 Å². The van der Waals surface area contributed by atoms with Crippen molar-refractivity contribution < 1.29 is 19.3 Å². The summed E-state index contributed by atoms with van der Waals surface area (Å²) < 4.78 is 5.65. The molecule has 0 aromatic heterocycles. The monoisotopic (exact) mass is 400 g/mol. The molecule has 0 radical (unpaired) electrons. The van der Waals surface area contributed by atoms with Crippen LogP contribution < -0.4 is 10.4 Å². The van der Waals surface area contributed by atoms with Crippen molar-refractivity contribution in [3.63, 3.8) is 0 Å². The van der Waals surface area contributed by atoms with E-state index in [0.717, 1.165) is 50.4 Å². The number of nitrogens with zero attached hydrogens (tertiary/aromatic N) is 1. The molecule has 2 aliphatic rings. The van der Waals surface area contributed by atoms with E-state index in [9.17, 15) is 14.6 Å². The lowest BCUT2D eigenvalue weighted by molar-refractivity contribution is -0.120. The minimum absolute atomic E-state index is 0.0880. The van der Waals surface area contributed by atoms with Crippen LogP contribution in [0.15, 0.2) is 18.2 Å². The number of Topliss-reactive ketones (excluding diaryl/α,β-unsaturated/α-hetero) is 2. The Morgan fingerprint density at radius 2 is 2.03 bits per heavy atom. The third-order valence-corrected chi connectivity index (χ3v) is 6.26. The van der Waals surface area contributed by atoms with Crippen LogP contribution in [0.4, 0.5) is 0 Å². The van der Waals surface area contributed by atoms with Gasteiger partial charge in [0.05, 0.1) is 12.1 Å². The average molecular weight is 400 g/mol. The number of carbonyl (C=O) groups is 2. The van der Waals surface area contributed by atoms with E-state index in [1.54, 1.807) is 6.07 Å². The Bertz CT molecular complexity index is 719. The molecule has 0 saturated carbocycles. The van der Waals surface area contributed by atoms with Gasteiger partial charge in [0.15, 0.2) is 5.78 Å². The number of fused-ring (bicyclic) bond motifs is 1. The van der Waals surface area contributed by atoms with Crippen LogP contribution >= 0.6 is 0 Å². The molecule has 158 valence electrons. The lowest BCUT2D eigenvalue weighted by Crippen LogP contribution is -2.40. The minimum atomic E-state index is -1.06. The van der Waals surface area contributed by atoms with E-state index in [1.807, 2.05) is 12.1 Å². The minimum Gasteiger partial charge on any atom is -0.535 e. The number of carbonyl (C=O) groups excluding carboxylic acids is 2. The third kappa shape index (κ3) is 5.90. The van der Waals surface area contributed by atoms with Crippen LogP contribution in [0.2, 0.25) is 5.82 Å². The molecule has 0 unspecified atom stereocenters. The van der Waals surface area contributed by atoms with Crippen molar-refractivity contribution in [2.24, 2.45) is 11.7 Å². The summed E-state index contributed by atoms with van der Waals surface area (Å²) in [6.45, 7) is 4.63. The molecule has 6 nitrogen and oxygen atoms in total. The van der Waals surface area contributed by atoms with Gasteiger partial charge in [0.25, 0.3) is 0 Å². The Morgan fingerprint density at radius 3 is 2.72 bits per heavy atom. The Balaban J connectivity index is 1.48. The van der Waals surface area contributed by atoms with Crippen LogP contribution in [-0.4, -0.2) is 54.8 Å². The number of rotatable bonds is 9. The summed E-state index contributed by atoms with van der Waals surface area (Å²) in [4.78, 5) is 26.6. The molecular weight excluding hydrogens is 367 g/mol. The predicted molar refractivity (Wildman–Crippen MR) is 114 cm³/mol. The fourth-order valence-electron chi connectivity index (χ4n) is 4.55. The summed E-state index contributed by atoms with van der Waals surface area (Å²) >= 11 is 0. The van der Waals surface area contributed by atoms with Gasteiger partial charge >= 0.3 is 7.12 Å². The summed E-state index contributed by atoms with van der Waals surface area (Å²) in [5.74, 6) is 1.01. The number of benzene rings is 1. The molecular formula is C22H33BN2O4. The summed E-state index contributed by atoms with van der Waals surface area (Å²) in [5, 5.41) is 10.4. The Labute approximate surface area is 173 Å². The van der Waals surface area contributed by atoms with Gasteiger partial charge < -0.3 is 15.4 Å². The van der Waals surface area contributed by atoms with Gasteiger partial charge in [0.2, 0.25) is 0 Å². The molecule has 0 bridgehead atoms. The standard InChI is InChI=1S/C22H33BN2O4/c1-16(26)21-7-4-6-18-13-19(23(28)29-22(18)21)14-20(27)15-25-11-8-17(9-12-25)5-2-3-10-24/h4,6-7,17,19,28H,2-3,5,8-15,24H2,1H3/t19-/m1/s1. The maximum atomic E-state index is 12.6. The van der Waals surface area contributed by atoms with E-state index in [-0.39, 0.29) is 17.4 Å². The summed E-state index contributed by atoms with van der Waals surface area (Å²) in [6.07, 6.45) is 6.68. The second-order valence-electron chi connectivity index (χ2n) is 8.57. The Kier molecular flexibility index (Phi) is 7.87. The van der Waals surface area contributed by atoms with Gasteiger partial charge in [-0.2, -0.15) is 0 Å². The van der Waals surface area contributed by atoms with Crippen LogP contribution in [0.3, 0.4) is 0 Å². The van der Waals surface area contributed by atoms with Gasteiger partial charge in [-0.05, 0) is 69.8 Å². The van der Waals surface area contributed by atoms with Gasteiger partial charge in [-0.3, -0.25) is 14.5 Å². The third-order valence-electron chi connectivity index (χ3n) is 6.26. The lowest BCUT2D eigenvalue weighted by atomic mass is 9.64. The molecule has 0 aliphatic carbocycles. The number of nitrogens with two attached hydrogens (primary N) is 1. The molecule has 1 fully saturated rings. The van der Waals surface area contributed by atoms with Crippen molar-refractivity contribution in [1.82, 2.24) is 4.90 Å². The quantitative estimate of drug-likeness (QED) is 0.376. The predicted octanol–water partition coefficient (Wildman–Crippen LogP) is 2.48.